The highest BCUT2D eigenvalue weighted by Crippen LogP contribution is 2.27. The molecule has 1 N–H and O–H groups in total. The molecular weight excluding hydrogens is 292 g/mol. The number of nitro groups is 1. The van der Waals surface area contributed by atoms with Gasteiger partial charge in [0, 0.05) is 37.5 Å². The molecule has 0 bridgehead atoms. The fraction of sp³-hybridized carbons (Fsp3) is 0.235. The lowest BCUT2D eigenvalue weighted by molar-refractivity contribution is -0.385. The van der Waals surface area contributed by atoms with Crippen LogP contribution in [0.4, 0.5) is 11.4 Å². The molecule has 0 atom stereocenters. The number of nitrogens with one attached hydrogen (secondary N) is 1. The number of benzene rings is 2. The summed E-state index contributed by atoms with van der Waals surface area (Å²) in [5, 5.41) is 14.3. The van der Waals surface area contributed by atoms with Gasteiger partial charge >= 0.3 is 0 Å². The number of guanidine groups is 1. The first-order valence-electron chi connectivity index (χ1n) is 7.49. The van der Waals surface area contributed by atoms with Crippen molar-refractivity contribution in [3.63, 3.8) is 0 Å². The Bertz CT molecular complexity index is 758. The highest BCUT2D eigenvalue weighted by molar-refractivity contribution is 5.97. The first kappa shape index (κ1) is 15.0. The number of aliphatic imine (C=N–C) groups is 1. The molecule has 1 heterocycles. The molecule has 2 aromatic rings. The second-order valence-electron chi connectivity index (χ2n) is 5.32. The van der Waals surface area contributed by atoms with Crippen LogP contribution in [0.5, 0.6) is 0 Å². The minimum absolute atomic E-state index is 0.122. The van der Waals surface area contributed by atoms with Crippen LogP contribution in [0.2, 0.25) is 0 Å². The zero-order valence-electron chi connectivity index (χ0n) is 12.9. The summed E-state index contributed by atoms with van der Waals surface area (Å²) in [6.07, 6.45) is 0.975. The van der Waals surface area contributed by atoms with E-state index in [0.717, 1.165) is 24.6 Å². The Hall–Kier alpha value is -2.89. The number of para-hydroxylation sites is 2. The van der Waals surface area contributed by atoms with Crippen LogP contribution in [0.1, 0.15) is 11.1 Å². The maximum absolute atomic E-state index is 11.1. The third-order valence-corrected chi connectivity index (χ3v) is 3.98. The molecule has 6 nitrogen and oxygen atoms in total. The smallest absolute Gasteiger partial charge is 0.274 e. The standard InChI is InChI=1S/C17H18N4O2/c1-18-17(20-11-10-13-6-2-4-8-15(13)20)19-12-14-7-3-5-9-16(14)21(22)23/h2-9H,10-12H2,1H3,(H,18,19). The summed E-state index contributed by atoms with van der Waals surface area (Å²) in [7, 11) is 1.72. The Kier molecular flexibility index (Phi) is 4.23. The molecule has 2 aromatic carbocycles. The van der Waals surface area contributed by atoms with Crippen molar-refractivity contribution in [2.24, 2.45) is 4.99 Å². The van der Waals surface area contributed by atoms with Crippen molar-refractivity contribution in [1.82, 2.24) is 5.32 Å². The van der Waals surface area contributed by atoms with Crippen LogP contribution in [0.3, 0.4) is 0 Å². The predicted octanol–water partition coefficient (Wildman–Crippen LogP) is 2.73. The van der Waals surface area contributed by atoms with Crippen molar-refractivity contribution >= 4 is 17.3 Å². The predicted molar refractivity (Wildman–Crippen MR) is 90.8 cm³/mol. The first-order valence-corrected chi connectivity index (χ1v) is 7.49. The van der Waals surface area contributed by atoms with Crippen LogP contribution in [-0.4, -0.2) is 24.5 Å². The third-order valence-electron chi connectivity index (χ3n) is 3.98. The van der Waals surface area contributed by atoms with E-state index in [1.54, 1.807) is 25.2 Å². The number of anilines is 1. The molecule has 0 unspecified atom stereocenters. The summed E-state index contributed by atoms with van der Waals surface area (Å²) in [6.45, 7) is 1.22. The van der Waals surface area contributed by atoms with Gasteiger partial charge in [0.05, 0.1) is 4.92 Å². The number of rotatable bonds is 3. The van der Waals surface area contributed by atoms with Crippen LogP contribution in [0.15, 0.2) is 53.5 Å². The van der Waals surface area contributed by atoms with Gasteiger partial charge in [0.2, 0.25) is 0 Å². The van der Waals surface area contributed by atoms with E-state index in [2.05, 4.69) is 27.3 Å². The average molecular weight is 310 g/mol. The molecule has 1 aliphatic heterocycles. The van der Waals surface area contributed by atoms with E-state index in [-0.39, 0.29) is 10.6 Å². The minimum atomic E-state index is -0.356. The summed E-state index contributed by atoms with van der Waals surface area (Å²) in [6, 6.07) is 15.0. The second kappa shape index (κ2) is 6.48. The van der Waals surface area contributed by atoms with Gasteiger partial charge in [-0.05, 0) is 18.1 Å². The quantitative estimate of drug-likeness (QED) is 0.409. The maximum Gasteiger partial charge on any atom is 0.274 e. The van der Waals surface area contributed by atoms with E-state index in [1.807, 2.05) is 12.1 Å². The van der Waals surface area contributed by atoms with E-state index in [1.165, 1.54) is 11.6 Å². The summed E-state index contributed by atoms with van der Waals surface area (Å²) >= 11 is 0. The minimum Gasteiger partial charge on any atom is -0.352 e. The van der Waals surface area contributed by atoms with Crippen molar-refractivity contribution in [3.8, 4) is 0 Å². The SMILES string of the molecule is CN=C(NCc1ccccc1[N+](=O)[O-])N1CCc2ccccc21. The van der Waals surface area contributed by atoms with E-state index in [0.29, 0.717) is 12.1 Å². The van der Waals surface area contributed by atoms with Crippen molar-refractivity contribution in [2.75, 3.05) is 18.5 Å². The van der Waals surface area contributed by atoms with Crippen LogP contribution in [0.25, 0.3) is 0 Å². The lowest BCUT2D eigenvalue weighted by Gasteiger charge is -2.22. The lowest BCUT2D eigenvalue weighted by atomic mass is 10.2. The molecule has 0 amide bonds. The molecule has 0 aliphatic carbocycles. The largest absolute Gasteiger partial charge is 0.352 e. The lowest BCUT2D eigenvalue weighted by Crippen LogP contribution is -2.40. The van der Waals surface area contributed by atoms with Gasteiger partial charge in [0.15, 0.2) is 5.96 Å². The average Bonchev–Trinajstić information content (AvgIpc) is 3.00. The molecule has 0 spiro atoms. The van der Waals surface area contributed by atoms with E-state index >= 15 is 0 Å². The third kappa shape index (κ3) is 3.01. The van der Waals surface area contributed by atoms with Crippen molar-refractivity contribution in [2.45, 2.75) is 13.0 Å². The van der Waals surface area contributed by atoms with Crippen LogP contribution >= 0.6 is 0 Å². The fourth-order valence-corrected chi connectivity index (χ4v) is 2.87. The Morgan fingerprint density at radius 1 is 1.26 bits per heavy atom. The van der Waals surface area contributed by atoms with Gasteiger partial charge in [-0.2, -0.15) is 0 Å². The molecule has 23 heavy (non-hydrogen) atoms. The normalized spacial score (nSPS) is 13.8. The topological polar surface area (TPSA) is 70.8 Å². The van der Waals surface area contributed by atoms with Crippen molar-refractivity contribution in [1.29, 1.82) is 0 Å². The summed E-state index contributed by atoms with van der Waals surface area (Å²) in [5.74, 6) is 0.730. The number of fused-ring (bicyclic) bond motifs is 1. The zero-order chi connectivity index (χ0) is 16.2. The molecule has 0 saturated carbocycles. The molecule has 3 rings (SSSR count). The molecule has 6 heteroatoms. The number of hydrogen-bond donors (Lipinski definition) is 1. The van der Waals surface area contributed by atoms with Gasteiger partial charge < -0.3 is 10.2 Å². The monoisotopic (exact) mass is 310 g/mol. The molecule has 0 fully saturated rings. The van der Waals surface area contributed by atoms with Gasteiger partial charge in [-0.15, -0.1) is 0 Å². The summed E-state index contributed by atoms with van der Waals surface area (Å²) in [4.78, 5) is 17.2. The van der Waals surface area contributed by atoms with E-state index in [9.17, 15) is 10.1 Å². The van der Waals surface area contributed by atoms with Gasteiger partial charge in [-0.1, -0.05) is 36.4 Å². The van der Waals surface area contributed by atoms with Crippen LogP contribution in [-0.2, 0) is 13.0 Å². The Labute approximate surface area is 134 Å². The Morgan fingerprint density at radius 3 is 2.78 bits per heavy atom. The van der Waals surface area contributed by atoms with Crippen LogP contribution in [0, 0.1) is 10.1 Å². The summed E-state index contributed by atoms with van der Waals surface area (Å²) in [5.41, 5.74) is 3.20. The molecule has 118 valence electrons. The summed E-state index contributed by atoms with van der Waals surface area (Å²) < 4.78 is 0. The van der Waals surface area contributed by atoms with E-state index < -0.39 is 0 Å². The maximum atomic E-state index is 11.1. The highest BCUT2D eigenvalue weighted by Gasteiger charge is 2.22. The molecule has 0 aromatic heterocycles. The molecule has 0 saturated heterocycles. The first-order chi connectivity index (χ1) is 11.2. The fourth-order valence-electron chi connectivity index (χ4n) is 2.87. The Balaban J connectivity index is 1.77. The molecule has 1 aliphatic rings. The van der Waals surface area contributed by atoms with Crippen molar-refractivity contribution < 1.29 is 4.92 Å². The number of nitro benzene ring substituents is 1. The van der Waals surface area contributed by atoms with E-state index in [4.69, 9.17) is 0 Å². The highest BCUT2D eigenvalue weighted by atomic mass is 16.6. The van der Waals surface area contributed by atoms with Gasteiger partial charge in [-0.25, -0.2) is 0 Å². The van der Waals surface area contributed by atoms with Crippen LogP contribution < -0.4 is 10.2 Å². The van der Waals surface area contributed by atoms with Gasteiger partial charge in [0.25, 0.3) is 5.69 Å². The van der Waals surface area contributed by atoms with Gasteiger partial charge in [0.1, 0.15) is 0 Å². The molecule has 0 radical (unpaired) electrons. The van der Waals surface area contributed by atoms with Crippen molar-refractivity contribution in [3.05, 3.63) is 69.8 Å². The molecular formula is C17H18N4O2. The zero-order valence-corrected chi connectivity index (χ0v) is 12.9. The Morgan fingerprint density at radius 2 is 2.00 bits per heavy atom. The number of nitrogens with zero attached hydrogens (tertiary/aromatic N) is 3. The second-order valence-corrected chi connectivity index (χ2v) is 5.32. The van der Waals surface area contributed by atoms with Gasteiger partial charge in [-0.3, -0.25) is 15.1 Å². The number of hydrogen-bond acceptors (Lipinski definition) is 3.